The van der Waals surface area contributed by atoms with Gasteiger partial charge in [-0.3, -0.25) is 19.4 Å². The molecule has 0 bridgehead atoms. The van der Waals surface area contributed by atoms with Gasteiger partial charge in [-0.1, -0.05) is 50.6 Å². The topological polar surface area (TPSA) is 215 Å². The smallest absolute Gasteiger partial charge is 0.326 e. The molecule has 1 aromatic rings. The number of nitrogens with one attached hydrogen (secondary N) is 3. The second-order valence-corrected chi connectivity index (χ2v) is 8.29. The molecule has 0 spiro atoms. The van der Waals surface area contributed by atoms with Gasteiger partial charge in [0, 0.05) is 13.0 Å². The van der Waals surface area contributed by atoms with Crippen LogP contribution in [0, 0.1) is 5.92 Å². The summed E-state index contributed by atoms with van der Waals surface area (Å²) in [5, 5.41) is 16.9. The van der Waals surface area contributed by atoms with Crippen LogP contribution in [0.25, 0.3) is 0 Å². The van der Waals surface area contributed by atoms with E-state index in [0.29, 0.717) is 12.8 Å². The zero-order chi connectivity index (χ0) is 26.4. The molecule has 0 heterocycles. The van der Waals surface area contributed by atoms with Crippen molar-refractivity contribution in [3.63, 3.8) is 0 Å². The quantitative estimate of drug-likeness (QED) is 0.0898. The zero-order valence-electron chi connectivity index (χ0n) is 20.2. The van der Waals surface area contributed by atoms with Crippen LogP contribution in [0.15, 0.2) is 35.3 Å². The molecule has 0 aliphatic heterocycles. The molecule has 35 heavy (non-hydrogen) atoms. The lowest BCUT2D eigenvalue weighted by atomic mass is 9.98. The van der Waals surface area contributed by atoms with Gasteiger partial charge in [-0.2, -0.15) is 0 Å². The summed E-state index contributed by atoms with van der Waals surface area (Å²) in [7, 11) is 0. The summed E-state index contributed by atoms with van der Waals surface area (Å²) in [6.45, 7) is 3.52. The minimum absolute atomic E-state index is 0.0889. The molecule has 1 aromatic carbocycles. The lowest BCUT2D eigenvalue weighted by Gasteiger charge is -2.23. The number of carbonyl (C=O) groups excluding carboxylic acids is 3. The summed E-state index contributed by atoms with van der Waals surface area (Å²) in [4.78, 5) is 53.0. The molecule has 0 fully saturated rings. The van der Waals surface area contributed by atoms with E-state index in [1.165, 1.54) is 0 Å². The van der Waals surface area contributed by atoms with Gasteiger partial charge in [0.1, 0.15) is 12.1 Å². The van der Waals surface area contributed by atoms with Crippen molar-refractivity contribution in [2.24, 2.45) is 28.1 Å². The van der Waals surface area contributed by atoms with Crippen molar-refractivity contribution in [3.8, 4) is 0 Å². The molecule has 0 saturated heterocycles. The predicted octanol–water partition coefficient (Wildman–Crippen LogP) is -1.17. The molecule has 4 atom stereocenters. The summed E-state index contributed by atoms with van der Waals surface area (Å²) in [5.41, 5.74) is 17.3. The highest BCUT2D eigenvalue weighted by Gasteiger charge is 2.27. The second-order valence-electron chi connectivity index (χ2n) is 8.29. The number of carboxylic acid groups (broad SMARTS) is 1. The number of aliphatic carboxylic acids is 1. The molecule has 12 nitrogen and oxygen atoms in total. The van der Waals surface area contributed by atoms with Crippen molar-refractivity contribution >= 4 is 29.7 Å². The number of hydrogen-bond acceptors (Lipinski definition) is 6. The second kappa shape index (κ2) is 15.3. The highest BCUT2D eigenvalue weighted by molar-refractivity contribution is 5.92. The highest BCUT2D eigenvalue weighted by atomic mass is 16.4. The predicted molar refractivity (Wildman–Crippen MR) is 132 cm³/mol. The van der Waals surface area contributed by atoms with Gasteiger partial charge >= 0.3 is 5.97 Å². The molecule has 194 valence electrons. The van der Waals surface area contributed by atoms with Crippen LogP contribution >= 0.6 is 0 Å². The fourth-order valence-corrected chi connectivity index (χ4v) is 3.14. The zero-order valence-corrected chi connectivity index (χ0v) is 20.2. The van der Waals surface area contributed by atoms with Gasteiger partial charge in [0.15, 0.2) is 5.96 Å². The summed E-state index contributed by atoms with van der Waals surface area (Å²) in [5.74, 6) is -3.15. The molecular formula is C23H37N7O5. The number of benzene rings is 1. The number of nitrogens with zero attached hydrogens (tertiary/aromatic N) is 1. The average Bonchev–Trinajstić information content (AvgIpc) is 2.83. The van der Waals surface area contributed by atoms with Crippen LogP contribution in [0.5, 0.6) is 0 Å². The minimum atomic E-state index is -1.20. The standard InChI is InChI=1S/C23H37N7O5/c1-3-14(2)19(24)21(33)30-16(10-7-11-27-23(25)26)20(32)28-13-18(31)29-17(22(34)35)12-15-8-5-4-6-9-15/h4-6,8-9,14,16-17,19H,3,7,10-13,24H2,1-2H3,(H,28,32)(H,29,31)(H,30,33)(H,34,35)(H4,25,26,27). The number of guanidine groups is 1. The number of amides is 3. The maximum absolute atomic E-state index is 12.7. The Balaban J connectivity index is 2.73. The Bertz CT molecular complexity index is 874. The number of hydrogen-bond donors (Lipinski definition) is 7. The van der Waals surface area contributed by atoms with Gasteiger partial charge in [-0.05, 0) is 24.3 Å². The maximum atomic E-state index is 12.7. The van der Waals surface area contributed by atoms with Crippen LogP contribution in [0.4, 0.5) is 0 Å². The molecule has 0 saturated carbocycles. The molecular weight excluding hydrogens is 454 g/mol. The third-order valence-corrected chi connectivity index (χ3v) is 5.48. The van der Waals surface area contributed by atoms with E-state index in [1.54, 1.807) is 30.3 Å². The first kappa shape index (κ1) is 29.4. The summed E-state index contributed by atoms with van der Waals surface area (Å²) in [6, 6.07) is 5.91. The van der Waals surface area contributed by atoms with Crippen molar-refractivity contribution in [1.29, 1.82) is 0 Å². The number of carboxylic acids is 1. The van der Waals surface area contributed by atoms with Crippen molar-refractivity contribution in [2.45, 2.75) is 57.7 Å². The largest absolute Gasteiger partial charge is 0.480 e. The van der Waals surface area contributed by atoms with E-state index in [2.05, 4.69) is 20.9 Å². The average molecular weight is 492 g/mol. The molecule has 0 aromatic heterocycles. The lowest BCUT2D eigenvalue weighted by molar-refractivity contribution is -0.141. The van der Waals surface area contributed by atoms with Crippen molar-refractivity contribution in [1.82, 2.24) is 16.0 Å². The lowest BCUT2D eigenvalue weighted by Crippen LogP contribution is -2.54. The van der Waals surface area contributed by atoms with E-state index in [1.807, 2.05) is 13.8 Å². The summed E-state index contributed by atoms with van der Waals surface area (Å²) in [6.07, 6.45) is 1.37. The first-order valence-electron chi connectivity index (χ1n) is 11.5. The Morgan fingerprint density at radius 1 is 1.03 bits per heavy atom. The van der Waals surface area contributed by atoms with Crippen LogP contribution < -0.4 is 33.2 Å². The molecule has 0 aliphatic rings. The minimum Gasteiger partial charge on any atom is -0.480 e. The van der Waals surface area contributed by atoms with Crippen molar-refractivity contribution in [3.05, 3.63) is 35.9 Å². The number of carbonyl (C=O) groups is 4. The van der Waals surface area contributed by atoms with E-state index in [0.717, 1.165) is 5.56 Å². The van der Waals surface area contributed by atoms with E-state index >= 15 is 0 Å². The third-order valence-electron chi connectivity index (χ3n) is 5.48. The Morgan fingerprint density at radius 3 is 2.26 bits per heavy atom. The van der Waals surface area contributed by atoms with Gasteiger partial charge in [0.25, 0.3) is 0 Å². The van der Waals surface area contributed by atoms with Gasteiger partial charge < -0.3 is 38.3 Å². The Morgan fingerprint density at radius 2 is 1.69 bits per heavy atom. The van der Waals surface area contributed by atoms with Gasteiger partial charge in [-0.15, -0.1) is 0 Å². The van der Waals surface area contributed by atoms with Crippen LogP contribution in [0.2, 0.25) is 0 Å². The number of aliphatic imine (C=N–C) groups is 1. The van der Waals surface area contributed by atoms with Gasteiger partial charge in [0.2, 0.25) is 17.7 Å². The molecule has 1 rings (SSSR count). The Kier molecular flexibility index (Phi) is 12.8. The third kappa shape index (κ3) is 11.3. The first-order chi connectivity index (χ1) is 16.5. The SMILES string of the molecule is CCC(C)C(N)C(=O)NC(CCCN=C(N)N)C(=O)NCC(=O)NC(Cc1ccccc1)C(=O)O. The van der Waals surface area contributed by atoms with E-state index in [-0.39, 0.29) is 31.3 Å². The van der Waals surface area contributed by atoms with Crippen LogP contribution in [0.3, 0.4) is 0 Å². The maximum Gasteiger partial charge on any atom is 0.326 e. The van der Waals surface area contributed by atoms with Gasteiger partial charge in [-0.25, -0.2) is 4.79 Å². The molecule has 10 N–H and O–H groups in total. The summed E-state index contributed by atoms with van der Waals surface area (Å²) >= 11 is 0. The fraction of sp³-hybridized carbons (Fsp3) is 0.522. The fourth-order valence-electron chi connectivity index (χ4n) is 3.14. The monoisotopic (exact) mass is 491 g/mol. The van der Waals surface area contributed by atoms with E-state index in [9.17, 15) is 24.3 Å². The van der Waals surface area contributed by atoms with Crippen LogP contribution in [0.1, 0.15) is 38.7 Å². The summed E-state index contributed by atoms with van der Waals surface area (Å²) < 4.78 is 0. The Hall–Kier alpha value is -3.67. The number of nitrogens with two attached hydrogens (primary N) is 3. The van der Waals surface area contributed by atoms with Crippen molar-refractivity contribution < 1.29 is 24.3 Å². The molecule has 0 radical (unpaired) electrons. The first-order valence-corrected chi connectivity index (χ1v) is 11.5. The molecule has 12 heteroatoms. The Labute approximate surface area is 205 Å². The normalized spacial score (nSPS) is 14.0. The van der Waals surface area contributed by atoms with E-state index in [4.69, 9.17) is 17.2 Å². The molecule has 3 amide bonds. The van der Waals surface area contributed by atoms with E-state index < -0.39 is 48.4 Å². The molecule has 4 unspecified atom stereocenters. The number of rotatable bonds is 15. The van der Waals surface area contributed by atoms with Crippen LogP contribution in [-0.2, 0) is 25.6 Å². The van der Waals surface area contributed by atoms with Crippen molar-refractivity contribution in [2.75, 3.05) is 13.1 Å². The van der Waals surface area contributed by atoms with Crippen LogP contribution in [-0.4, -0.2) is 66.0 Å². The van der Waals surface area contributed by atoms with Gasteiger partial charge in [0.05, 0.1) is 12.6 Å². The highest BCUT2D eigenvalue weighted by Crippen LogP contribution is 2.07. The molecule has 0 aliphatic carbocycles.